The lowest BCUT2D eigenvalue weighted by molar-refractivity contribution is -0.991. The molecule has 0 saturated carbocycles. The smallest absolute Gasteiger partial charge is 0.164 e. The third-order valence-corrected chi connectivity index (χ3v) is 2.77. The molecule has 3 N–H and O–H groups in total. The quantitative estimate of drug-likeness (QED) is 0.597. The molecule has 1 heterocycles. The van der Waals surface area contributed by atoms with Crippen LogP contribution in [0.15, 0.2) is 48.5 Å². The molecule has 1 atom stereocenters. The molecule has 1 aromatic heterocycles. The van der Waals surface area contributed by atoms with Gasteiger partial charge < -0.3 is 10.2 Å². The summed E-state index contributed by atoms with van der Waals surface area (Å²) in [7, 11) is 0. The second-order valence-electron chi connectivity index (χ2n) is 3.99. The Morgan fingerprint density at radius 3 is 2.72 bits per heavy atom. The normalized spacial score (nSPS) is 12.8. The van der Waals surface area contributed by atoms with Crippen molar-refractivity contribution in [1.82, 2.24) is 9.97 Å². The second-order valence-corrected chi connectivity index (χ2v) is 3.99. The maximum absolute atomic E-state index is 10.9. The number of nitrogens with one attached hydrogen (secondary N) is 2. The SMILES string of the molecule is [O-][NH+](O)c1cccc(-c2nc3ccccc3[nH]2)c1. The van der Waals surface area contributed by atoms with Crippen LogP contribution in [0, 0.1) is 5.21 Å². The molecule has 1 unspecified atom stereocenters. The lowest BCUT2D eigenvalue weighted by Crippen LogP contribution is -2.99. The van der Waals surface area contributed by atoms with Gasteiger partial charge in [0.2, 0.25) is 0 Å². The number of nitrogens with zero attached hydrogens (tertiary/aromatic N) is 1. The van der Waals surface area contributed by atoms with E-state index >= 15 is 0 Å². The van der Waals surface area contributed by atoms with Crippen LogP contribution in [-0.4, -0.2) is 15.2 Å². The van der Waals surface area contributed by atoms with Crippen LogP contribution in [0.3, 0.4) is 0 Å². The first-order valence-electron chi connectivity index (χ1n) is 5.52. The van der Waals surface area contributed by atoms with Gasteiger partial charge in [-0.3, -0.25) is 0 Å². The van der Waals surface area contributed by atoms with Crippen molar-refractivity contribution in [2.45, 2.75) is 0 Å². The molecular formula is C13H11N3O2. The number of benzene rings is 2. The predicted octanol–water partition coefficient (Wildman–Crippen LogP) is 1.63. The topological polar surface area (TPSA) is 76.4 Å². The molecule has 18 heavy (non-hydrogen) atoms. The second kappa shape index (κ2) is 4.23. The van der Waals surface area contributed by atoms with E-state index in [1.54, 1.807) is 18.2 Å². The zero-order valence-corrected chi connectivity index (χ0v) is 9.42. The fraction of sp³-hybridized carbons (Fsp3) is 0. The van der Waals surface area contributed by atoms with Gasteiger partial charge in [-0.05, 0) is 12.1 Å². The molecule has 0 bridgehead atoms. The highest BCUT2D eigenvalue weighted by atomic mass is 16.8. The zero-order chi connectivity index (χ0) is 12.5. The Hall–Kier alpha value is -2.21. The van der Waals surface area contributed by atoms with Gasteiger partial charge in [-0.25, -0.2) is 10.2 Å². The van der Waals surface area contributed by atoms with E-state index in [1.165, 1.54) is 0 Å². The summed E-state index contributed by atoms with van der Waals surface area (Å²) in [6.07, 6.45) is 0. The molecule has 0 aliphatic carbocycles. The van der Waals surface area contributed by atoms with E-state index in [4.69, 9.17) is 5.21 Å². The summed E-state index contributed by atoms with van der Waals surface area (Å²) in [6.45, 7) is 0. The number of H-pyrrole nitrogens is 1. The fourth-order valence-electron chi connectivity index (χ4n) is 1.89. The minimum absolute atomic E-state index is 0.257. The van der Waals surface area contributed by atoms with Crippen LogP contribution in [0.2, 0.25) is 0 Å². The van der Waals surface area contributed by atoms with E-state index in [0.717, 1.165) is 16.6 Å². The van der Waals surface area contributed by atoms with Crippen LogP contribution in [0.4, 0.5) is 5.69 Å². The highest BCUT2D eigenvalue weighted by Crippen LogP contribution is 2.21. The maximum atomic E-state index is 10.9. The third kappa shape index (κ3) is 1.86. The minimum atomic E-state index is -0.937. The molecule has 0 spiro atoms. The molecule has 3 rings (SSSR count). The summed E-state index contributed by atoms with van der Waals surface area (Å²) in [4.78, 5) is 7.61. The average Bonchev–Trinajstić information content (AvgIpc) is 2.82. The molecule has 0 radical (unpaired) electrons. The maximum Gasteiger partial charge on any atom is 0.164 e. The number of para-hydroxylation sites is 2. The largest absolute Gasteiger partial charge is 0.595 e. The Kier molecular flexibility index (Phi) is 2.56. The Bertz CT molecular complexity index is 658. The van der Waals surface area contributed by atoms with Gasteiger partial charge in [-0.15, -0.1) is 0 Å². The average molecular weight is 241 g/mol. The summed E-state index contributed by atoms with van der Waals surface area (Å²) in [5, 5.41) is 19.0. The van der Waals surface area contributed by atoms with Crippen LogP contribution >= 0.6 is 0 Å². The van der Waals surface area contributed by atoms with Crippen LogP contribution in [0.5, 0.6) is 0 Å². The molecule has 2 aromatic carbocycles. The molecule has 3 aromatic rings. The number of hydrogen-bond donors (Lipinski definition) is 3. The van der Waals surface area contributed by atoms with Gasteiger partial charge in [-0.2, -0.15) is 5.23 Å². The van der Waals surface area contributed by atoms with Gasteiger partial charge in [0.15, 0.2) is 5.69 Å². The standard InChI is InChI=1S/C13H11N3O2/c17-16(18)10-5-3-4-9(8-10)13-14-11-6-1-2-7-12(11)15-13/h1-8,16-17H,(H,14,15). The summed E-state index contributed by atoms with van der Waals surface area (Å²) in [6, 6.07) is 14.4. The van der Waals surface area contributed by atoms with Gasteiger partial charge in [0.25, 0.3) is 0 Å². The van der Waals surface area contributed by atoms with Gasteiger partial charge in [0, 0.05) is 17.7 Å². The first-order valence-corrected chi connectivity index (χ1v) is 5.52. The number of rotatable bonds is 2. The number of imidazole rings is 1. The lowest BCUT2D eigenvalue weighted by Gasteiger charge is -2.11. The van der Waals surface area contributed by atoms with Crippen LogP contribution in [-0.2, 0) is 0 Å². The Morgan fingerprint density at radius 1 is 1.11 bits per heavy atom. The van der Waals surface area contributed by atoms with E-state index < -0.39 is 5.23 Å². The molecule has 5 heteroatoms. The van der Waals surface area contributed by atoms with E-state index in [9.17, 15) is 5.21 Å². The fourth-order valence-corrected chi connectivity index (χ4v) is 1.89. The van der Waals surface area contributed by atoms with Crippen molar-refractivity contribution < 1.29 is 10.4 Å². The number of aromatic nitrogens is 2. The Balaban J connectivity index is 2.11. The molecule has 0 saturated heterocycles. The van der Waals surface area contributed by atoms with Crippen LogP contribution in [0.1, 0.15) is 0 Å². The van der Waals surface area contributed by atoms with Crippen molar-refractivity contribution in [3.8, 4) is 11.4 Å². The van der Waals surface area contributed by atoms with Crippen molar-refractivity contribution in [3.63, 3.8) is 0 Å². The van der Waals surface area contributed by atoms with Crippen molar-refractivity contribution in [1.29, 1.82) is 0 Å². The first kappa shape index (κ1) is 10.9. The molecule has 0 fully saturated rings. The molecule has 5 nitrogen and oxygen atoms in total. The van der Waals surface area contributed by atoms with E-state index in [2.05, 4.69) is 9.97 Å². The summed E-state index contributed by atoms with van der Waals surface area (Å²) >= 11 is 0. The van der Waals surface area contributed by atoms with Gasteiger partial charge in [0.1, 0.15) is 5.82 Å². The third-order valence-electron chi connectivity index (χ3n) is 2.77. The van der Waals surface area contributed by atoms with E-state index in [-0.39, 0.29) is 5.69 Å². The number of hydrogen-bond acceptors (Lipinski definition) is 3. The molecule has 0 aliphatic heterocycles. The number of aromatic amines is 1. The van der Waals surface area contributed by atoms with Crippen LogP contribution in [0.25, 0.3) is 22.4 Å². The zero-order valence-electron chi connectivity index (χ0n) is 9.42. The Labute approximate surface area is 103 Å². The number of fused-ring (bicyclic) bond motifs is 1. The van der Waals surface area contributed by atoms with E-state index in [0.29, 0.717) is 5.82 Å². The summed E-state index contributed by atoms with van der Waals surface area (Å²) < 4.78 is 0. The van der Waals surface area contributed by atoms with Crippen molar-refractivity contribution in [3.05, 3.63) is 53.7 Å². The first-order chi connectivity index (χ1) is 8.74. The molecule has 0 amide bonds. The van der Waals surface area contributed by atoms with Gasteiger partial charge in [0.05, 0.1) is 11.0 Å². The minimum Gasteiger partial charge on any atom is -0.595 e. The predicted molar refractivity (Wildman–Crippen MR) is 67.3 cm³/mol. The van der Waals surface area contributed by atoms with E-state index in [1.807, 2.05) is 30.3 Å². The monoisotopic (exact) mass is 241 g/mol. The Morgan fingerprint density at radius 2 is 1.94 bits per heavy atom. The lowest BCUT2D eigenvalue weighted by atomic mass is 10.2. The van der Waals surface area contributed by atoms with Crippen LogP contribution < -0.4 is 5.23 Å². The summed E-state index contributed by atoms with van der Waals surface area (Å²) in [5.74, 6) is 0.680. The molecule has 90 valence electrons. The van der Waals surface area contributed by atoms with Gasteiger partial charge >= 0.3 is 0 Å². The van der Waals surface area contributed by atoms with Gasteiger partial charge in [-0.1, -0.05) is 24.3 Å². The highest BCUT2D eigenvalue weighted by Gasteiger charge is 2.07. The number of quaternary nitrogens is 1. The van der Waals surface area contributed by atoms with Crippen molar-refractivity contribution >= 4 is 16.7 Å². The van der Waals surface area contributed by atoms with Crippen molar-refractivity contribution in [2.75, 3.05) is 0 Å². The highest BCUT2D eigenvalue weighted by molar-refractivity contribution is 5.79. The molecular weight excluding hydrogens is 230 g/mol. The van der Waals surface area contributed by atoms with Crippen molar-refractivity contribution in [2.24, 2.45) is 0 Å². The summed E-state index contributed by atoms with van der Waals surface area (Å²) in [5.41, 5.74) is 2.83. The molecule has 0 aliphatic rings.